The van der Waals surface area contributed by atoms with Crippen molar-refractivity contribution in [3.63, 3.8) is 0 Å². The van der Waals surface area contributed by atoms with Crippen LogP contribution < -0.4 is 10.6 Å². The van der Waals surface area contributed by atoms with E-state index in [4.69, 9.17) is 4.74 Å². The summed E-state index contributed by atoms with van der Waals surface area (Å²) in [6.07, 6.45) is 1.03. The normalized spacial score (nSPS) is 19.3. The Hall–Kier alpha value is -1.14. The molecule has 0 radical (unpaired) electrons. The average Bonchev–Trinajstić information content (AvgIpc) is 2.94. The van der Waals surface area contributed by atoms with Crippen LogP contribution in [-0.2, 0) is 4.74 Å². The van der Waals surface area contributed by atoms with E-state index in [1.165, 1.54) is 11.5 Å². The molecule has 6 heteroatoms. The molecule has 1 aromatic heterocycles. The van der Waals surface area contributed by atoms with Gasteiger partial charge in [0.15, 0.2) is 0 Å². The maximum Gasteiger partial charge on any atom is 0.256 e. The molecule has 2 heterocycles. The highest BCUT2D eigenvalue weighted by Crippen LogP contribution is 2.23. The molecule has 1 atom stereocenters. The molecule has 1 aliphatic heterocycles. The van der Waals surface area contributed by atoms with Gasteiger partial charge in [-0.1, -0.05) is 0 Å². The SMILES string of the molecule is CNc1snc(C)c1C(=O)NC[C@H]1CCOC1. The van der Waals surface area contributed by atoms with E-state index in [1.807, 2.05) is 6.92 Å². The van der Waals surface area contributed by atoms with Gasteiger partial charge >= 0.3 is 0 Å². The summed E-state index contributed by atoms with van der Waals surface area (Å²) in [5, 5.41) is 6.77. The lowest BCUT2D eigenvalue weighted by atomic mass is 10.1. The van der Waals surface area contributed by atoms with Gasteiger partial charge in [-0.15, -0.1) is 0 Å². The quantitative estimate of drug-likeness (QED) is 0.850. The van der Waals surface area contributed by atoms with E-state index in [2.05, 4.69) is 15.0 Å². The van der Waals surface area contributed by atoms with Crippen molar-refractivity contribution in [3.05, 3.63) is 11.3 Å². The molecule has 1 aliphatic rings. The largest absolute Gasteiger partial charge is 0.381 e. The highest BCUT2D eigenvalue weighted by Gasteiger charge is 2.20. The fourth-order valence-electron chi connectivity index (χ4n) is 1.88. The van der Waals surface area contributed by atoms with E-state index < -0.39 is 0 Å². The van der Waals surface area contributed by atoms with Gasteiger partial charge in [-0.25, -0.2) is 0 Å². The summed E-state index contributed by atoms with van der Waals surface area (Å²) in [6.45, 7) is 4.09. The second-order valence-electron chi connectivity index (χ2n) is 4.16. The van der Waals surface area contributed by atoms with E-state index in [1.54, 1.807) is 7.05 Å². The molecule has 1 aromatic rings. The second kappa shape index (κ2) is 5.46. The zero-order chi connectivity index (χ0) is 12.3. The first-order valence-electron chi connectivity index (χ1n) is 5.72. The van der Waals surface area contributed by atoms with Crippen LogP contribution in [0.3, 0.4) is 0 Å². The Balaban J connectivity index is 1.96. The Kier molecular flexibility index (Phi) is 3.96. The number of ether oxygens (including phenoxy) is 1. The van der Waals surface area contributed by atoms with Crippen LogP contribution in [0.5, 0.6) is 0 Å². The summed E-state index contributed by atoms with van der Waals surface area (Å²) < 4.78 is 9.46. The van der Waals surface area contributed by atoms with Crippen LogP contribution in [0.15, 0.2) is 0 Å². The van der Waals surface area contributed by atoms with Crippen molar-refractivity contribution in [3.8, 4) is 0 Å². The smallest absolute Gasteiger partial charge is 0.256 e. The van der Waals surface area contributed by atoms with Gasteiger partial charge in [-0.3, -0.25) is 4.79 Å². The van der Waals surface area contributed by atoms with Crippen LogP contribution in [0, 0.1) is 12.8 Å². The summed E-state index contributed by atoms with van der Waals surface area (Å²) in [7, 11) is 1.80. The molecule has 0 aromatic carbocycles. The predicted molar refractivity (Wildman–Crippen MR) is 67.7 cm³/mol. The van der Waals surface area contributed by atoms with Crippen molar-refractivity contribution < 1.29 is 9.53 Å². The molecule has 0 saturated carbocycles. The Labute approximate surface area is 105 Å². The zero-order valence-corrected chi connectivity index (χ0v) is 10.9. The van der Waals surface area contributed by atoms with Crippen molar-refractivity contribution in [2.75, 3.05) is 32.1 Å². The first-order chi connectivity index (χ1) is 8.22. The molecule has 2 rings (SSSR count). The number of aryl methyl sites for hydroxylation is 1. The third-order valence-electron chi connectivity index (χ3n) is 2.89. The Morgan fingerprint density at radius 1 is 1.65 bits per heavy atom. The highest BCUT2D eigenvalue weighted by atomic mass is 32.1. The number of nitrogens with one attached hydrogen (secondary N) is 2. The molecule has 0 spiro atoms. The number of rotatable bonds is 4. The molecule has 2 N–H and O–H groups in total. The van der Waals surface area contributed by atoms with Crippen molar-refractivity contribution in [2.24, 2.45) is 5.92 Å². The van der Waals surface area contributed by atoms with Crippen LogP contribution in [0.4, 0.5) is 5.00 Å². The number of aromatic nitrogens is 1. The molecule has 1 saturated heterocycles. The van der Waals surface area contributed by atoms with Gasteiger partial charge in [0.1, 0.15) is 5.00 Å². The van der Waals surface area contributed by atoms with Crippen molar-refractivity contribution >= 4 is 22.4 Å². The van der Waals surface area contributed by atoms with E-state index in [0.717, 1.165) is 30.3 Å². The lowest BCUT2D eigenvalue weighted by Crippen LogP contribution is -2.30. The fraction of sp³-hybridized carbons (Fsp3) is 0.636. The van der Waals surface area contributed by atoms with Gasteiger partial charge in [0.2, 0.25) is 0 Å². The Bertz CT molecular complexity index is 399. The van der Waals surface area contributed by atoms with Gasteiger partial charge in [-0.2, -0.15) is 4.37 Å². The number of hydrogen-bond donors (Lipinski definition) is 2. The van der Waals surface area contributed by atoms with Crippen molar-refractivity contribution in [2.45, 2.75) is 13.3 Å². The number of carbonyl (C=O) groups is 1. The minimum absolute atomic E-state index is 0.0486. The van der Waals surface area contributed by atoms with Gasteiger partial charge in [-0.05, 0) is 24.9 Å². The summed E-state index contributed by atoms with van der Waals surface area (Å²) >= 11 is 1.32. The fourth-order valence-corrected chi connectivity index (χ4v) is 2.62. The van der Waals surface area contributed by atoms with Gasteiger partial charge < -0.3 is 15.4 Å². The molecule has 94 valence electrons. The van der Waals surface area contributed by atoms with E-state index >= 15 is 0 Å². The van der Waals surface area contributed by atoms with E-state index in [9.17, 15) is 4.79 Å². The summed E-state index contributed by atoms with van der Waals surface area (Å²) in [6, 6.07) is 0. The minimum Gasteiger partial charge on any atom is -0.381 e. The third kappa shape index (κ3) is 2.76. The van der Waals surface area contributed by atoms with Crippen molar-refractivity contribution in [1.82, 2.24) is 9.69 Å². The van der Waals surface area contributed by atoms with Crippen LogP contribution in [0.1, 0.15) is 22.5 Å². The minimum atomic E-state index is -0.0486. The zero-order valence-electron chi connectivity index (χ0n) is 10.1. The monoisotopic (exact) mass is 255 g/mol. The predicted octanol–water partition coefficient (Wildman–Crippen LogP) is 1.26. The molecular weight excluding hydrogens is 238 g/mol. The van der Waals surface area contributed by atoms with Crippen LogP contribution in [0.2, 0.25) is 0 Å². The molecule has 0 aliphatic carbocycles. The Morgan fingerprint density at radius 3 is 3.12 bits per heavy atom. The van der Waals surface area contributed by atoms with Crippen LogP contribution in [-0.4, -0.2) is 37.1 Å². The second-order valence-corrected chi connectivity index (χ2v) is 4.94. The number of anilines is 1. The van der Waals surface area contributed by atoms with Crippen molar-refractivity contribution in [1.29, 1.82) is 0 Å². The maximum atomic E-state index is 12.0. The number of hydrogen-bond acceptors (Lipinski definition) is 5. The summed E-state index contributed by atoms with van der Waals surface area (Å²) in [4.78, 5) is 12.0. The lowest BCUT2D eigenvalue weighted by molar-refractivity contribution is 0.0945. The van der Waals surface area contributed by atoms with Crippen LogP contribution in [0.25, 0.3) is 0 Å². The third-order valence-corrected chi connectivity index (χ3v) is 3.85. The Morgan fingerprint density at radius 2 is 2.47 bits per heavy atom. The molecule has 1 fully saturated rings. The lowest BCUT2D eigenvalue weighted by Gasteiger charge is -2.10. The highest BCUT2D eigenvalue weighted by molar-refractivity contribution is 7.10. The number of carbonyl (C=O) groups excluding carboxylic acids is 1. The first kappa shape index (κ1) is 12.3. The summed E-state index contributed by atoms with van der Waals surface area (Å²) in [5.74, 6) is 0.399. The number of amides is 1. The van der Waals surface area contributed by atoms with Crippen LogP contribution >= 0.6 is 11.5 Å². The molecular formula is C11H17N3O2S. The molecule has 17 heavy (non-hydrogen) atoms. The maximum absolute atomic E-state index is 12.0. The van der Waals surface area contributed by atoms with E-state index in [-0.39, 0.29) is 5.91 Å². The number of nitrogens with zero attached hydrogens (tertiary/aromatic N) is 1. The first-order valence-corrected chi connectivity index (χ1v) is 6.49. The molecule has 1 amide bonds. The molecule has 5 nitrogen and oxygen atoms in total. The average molecular weight is 255 g/mol. The standard InChI is InChI=1S/C11H17N3O2S/c1-7-9(11(12-2)17-14-7)10(15)13-5-8-3-4-16-6-8/h8,12H,3-6H2,1-2H3,(H,13,15)/t8-/m1/s1. The van der Waals surface area contributed by atoms with Gasteiger partial charge in [0.25, 0.3) is 5.91 Å². The summed E-state index contributed by atoms with van der Waals surface area (Å²) in [5.41, 5.74) is 1.44. The molecule has 0 unspecified atom stereocenters. The topological polar surface area (TPSA) is 63.2 Å². The van der Waals surface area contributed by atoms with E-state index in [0.29, 0.717) is 18.0 Å². The van der Waals surface area contributed by atoms with Gasteiger partial charge in [0.05, 0.1) is 17.9 Å². The molecule has 0 bridgehead atoms. The van der Waals surface area contributed by atoms with Gasteiger partial charge in [0, 0.05) is 26.1 Å².